The molecule has 8 nitrogen and oxygen atoms in total. The smallest absolute Gasteiger partial charge is 0.268 e. The van der Waals surface area contributed by atoms with Gasteiger partial charge in [-0.3, -0.25) is 9.36 Å². The van der Waals surface area contributed by atoms with Crippen LogP contribution in [0.3, 0.4) is 0 Å². The number of quaternary nitrogens is 1. The molecule has 0 aromatic heterocycles. The number of hydrogen-bond acceptors (Lipinski definition) is 6. The van der Waals surface area contributed by atoms with Gasteiger partial charge in [-0.25, -0.2) is 0 Å². The molecule has 0 aromatic carbocycles. The molecule has 0 bridgehead atoms. The van der Waals surface area contributed by atoms with Crippen molar-refractivity contribution in [2.24, 2.45) is 0 Å². The van der Waals surface area contributed by atoms with Crippen molar-refractivity contribution in [1.82, 2.24) is 5.32 Å². The summed E-state index contributed by atoms with van der Waals surface area (Å²) in [5.41, 5.74) is 0. The maximum absolute atomic E-state index is 13.1. The highest BCUT2D eigenvalue weighted by atomic mass is 31.2. The zero-order valence-corrected chi connectivity index (χ0v) is 62.8. The Balaban J connectivity index is 4.11. The summed E-state index contributed by atoms with van der Waals surface area (Å²) in [6, 6.07) is -0.905. The van der Waals surface area contributed by atoms with Gasteiger partial charge in [0.2, 0.25) is 5.91 Å². The molecule has 94 heavy (non-hydrogen) atoms. The Morgan fingerprint density at radius 1 is 0.383 bits per heavy atom. The predicted octanol–water partition coefficient (Wildman–Crippen LogP) is 25.3. The molecule has 0 heterocycles. The Morgan fingerprint density at radius 3 is 0.947 bits per heavy atom. The maximum atomic E-state index is 13.1. The summed E-state index contributed by atoms with van der Waals surface area (Å²) in [5.74, 6) is -0.210. The van der Waals surface area contributed by atoms with Crippen LogP contribution in [0.4, 0.5) is 0 Å². The first-order valence-corrected chi connectivity index (χ1v) is 40.7. The van der Waals surface area contributed by atoms with Crippen LogP contribution >= 0.6 is 7.82 Å². The topological polar surface area (TPSA) is 108 Å². The highest BCUT2D eigenvalue weighted by Crippen LogP contribution is 2.38. The normalized spacial score (nSPS) is 14.3. The van der Waals surface area contributed by atoms with Crippen molar-refractivity contribution in [3.63, 3.8) is 0 Å². The third kappa shape index (κ3) is 75.8. The molecule has 3 atom stereocenters. The first kappa shape index (κ1) is 90.4. The molecule has 0 aromatic rings. The molecule has 0 radical (unpaired) electrons. The molecule has 0 rings (SSSR count). The summed E-state index contributed by atoms with van der Waals surface area (Å²) >= 11 is 0. The Morgan fingerprint density at radius 2 is 0.649 bits per heavy atom. The lowest BCUT2D eigenvalue weighted by atomic mass is 10.0. The Labute approximate surface area is 582 Å². The molecular weight excluding hydrogens is 1180 g/mol. The lowest BCUT2D eigenvalue weighted by molar-refractivity contribution is -0.870. The number of amides is 1. The van der Waals surface area contributed by atoms with Crippen LogP contribution in [0.1, 0.15) is 335 Å². The molecule has 3 unspecified atom stereocenters. The average molecular weight is 1330 g/mol. The van der Waals surface area contributed by atoms with Crippen LogP contribution in [-0.2, 0) is 18.4 Å². The Bertz CT molecular complexity index is 2050. The molecule has 0 saturated heterocycles. The summed E-state index contributed by atoms with van der Waals surface area (Å²) in [5, 5.41) is 14.0. The molecule has 0 aliphatic carbocycles. The maximum Gasteiger partial charge on any atom is 0.268 e. The summed E-state index contributed by atoms with van der Waals surface area (Å²) < 4.78 is 23.5. The number of likely N-dealkylation sites (N-methyl/N-ethyl adjacent to an activating group) is 1. The van der Waals surface area contributed by atoms with E-state index in [0.717, 1.165) is 122 Å². The van der Waals surface area contributed by atoms with Crippen molar-refractivity contribution in [1.29, 1.82) is 0 Å². The SMILES string of the molecule is CC/C=C\C/C=C\C/C=C\C/C=C\C/C=C\C/C=C\C/C=C\C/C=C\C/C=C\C/C=C\C/C=C\CCCCCCCCCC(=O)NC(COP(=O)([O-])OCC[N+](C)(C)C)C(O)/C=C/CCCCCCCCCCCCCCCCCCCCCCCCCCCCCCC. The highest BCUT2D eigenvalue weighted by Gasteiger charge is 2.23. The van der Waals surface area contributed by atoms with E-state index in [1.807, 2.05) is 27.2 Å². The second-order valence-corrected chi connectivity index (χ2v) is 28.7. The van der Waals surface area contributed by atoms with E-state index in [9.17, 15) is 19.4 Å². The van der Waals surface area contributed by atoms with E-state index in [-0.39, 0.29) is 12.5 Å². The van der Waals surface area contributed by atoms with Gasteiger partial charge >= 0.3 is 0 Å². The number of phosphoric ester groups is 1. The minimum atomic E-state index is -4.62. The number of aliphatic hydroxyl groups is 1. The number of nitrogens with zero attached hydrogens (tertiary/aromatic N) is 1. The Hall–Kier alpha value is -3.62. The van der Waals surface area contributed by atoms with Gasteiger partial charge in [-0.05, 0) is 103 Å². The number of allylic oxidation sites excluding steroid dienone is 23. The second kappa shape index (κ2) is 73.6. The standard InChI is InChI=1S/C85H149N2O6P/c1-6-8-10-12-14-16-18-20-22-24-26-28-30-32-34-36-38-39-40-41-42-43-44-45-46-47-49-51-53-55-57-59-61-63-65-67-69-71-73-75-77-79-85(89)86-83(82-93-94(90,91)92-81-80-87(3,4)5)84(88)78-76-74-72-70-68-66-64-62-60-58-56-54-52-50-48-37-35-33-31-29-27-25-23-21-19-17-15-13-11-9-7-2/h8,10,14,16,20,22,26,28,32,34,38-39,41-42,44-45,47,49,53,55,59,61,76,78,83-84,88H,6-7,9,11-13,15,17-19,21,23-25,27,29-31,33,35-37,40,43,46,48,50-52,54,56-58,60,62-75,77,79-82H2,1-5H3,(H-,86,89,90,91)/b10-8-,16-14-,22-20-,28-26-,34-32-,39-38-,42-41-,45-44-,49-47-,55-53-,61-59-,78-76+. The first-order chi connectivity index (χ1) is 46.0. The van der Waals surface area contributed by atoms with Crippen LogP contribution in [-0.4, -0.2) is 68.5 Å². The zero-order valence-electron chi connectivity index (χ0n) is 61.9. The van der Waals surface area contributed by atoms with Crippen LogP contribution in [0.2, 0.25) is 0 Å². The molecule has 540 valence electrons. The van der Waals surface area contributed by atoms with Gasteiger partial charge in [-0.15, -0.1) is 0 Å². The summed E-state index contributed by atoms with van der Waals surface area (Å²) in [4.78, 5) is 25.7. The zero-order chi connectivity index (χ0) is 68.3. The van der Waals surface area contributed by atoms with Gasteiger partial charge in [0.15, 0.2) is 0 Å². The summed E-state index contributed by atoms with van der Waals surface area (Å²) in [6.07, 6.45) is 113. The third-order valence-corrected chi connectivity index (χ3v) is 18.0. The molecule has 0 aliphatic heterocycles. The number of phosphoric acid groups is 1. The van der Waals surface area contributed by atoms with Gasteiger partial charge in [0.05, 0.1) is 39.9 Å². The fourth-order valence-electron chi connectivity index (χ4n) is 11.0. The molecule has 0 spiro atoms. The lowest BCUT2D eigenvalue weighted by Gasteiger charge is -2.29. The third-order valence-electron chi connectivity index (χ3n) is 17.1. The summed E-state index contributed by atoms with van der Waals surface area (Å²) in [7, 11) is 1.24. The lowest BCUT2D eigenvalue weighted by Crippen LogP contribution is -2.45. The monoisotopic (exact) mass is 1330 g/mol. The number of hydrogen-bond donors (Lipinski definition) is 2. The number of aliphatic hydroxyl groups excluding tert-OH is 1. The van der Waals surface area contributed by atoms with E-state index in [0.29, 0.717) is 17.4 Å². The van der Waals surface area contributed by atoms with Crippen LogP contribution < -0.4 is 10.2 Å². The van der Waals surface area contributed by atoms with Crippen LogP contribution in [0.15, 0.2) is 146 Å². The van der Waals surface area contributed by atoms with Crippen molar-refractivity contribution in [3.05, 3.63) is 146 Å². The van der Waals surface area contributed by atoms with E-state index in [1.54, 1.807) is 6.08 Å². The van der Waals surface area contributed by atoms with Gasteiger partial charge in [0.25, 0.3) is 7.82 Å². The van der Waals surface area contributed by atoms with E-state index >= 15 is 0 Å². The molecular formula is C85H149N2O6P. The molecule has 0 aliphatic rings. The largest absolute Gasteiger partial charge is 0.756 e. The molecule has 9 heteroatoms. The molecule has 0 saturated carbocycles. The van der Waals surface area contributed by atoms with E-state index in [1.165, 1.54) is 193 Å². The fraction of sp³-hybridized carbons (Fsp3) is 0.706. The van der Waals surface area contributed by atoms with E-state index in [2.05, 4.69) is 153 Å². The molecule has 2 N–H and O–H groups in total. The van der Waals surface area contributed by atoms with E-state index in [4.69, 9.17) is 9.05 Å². The van der Waals surface area contributed by atoms with Crippen molar-refractivity contribution >= 4 is 13.7 Å². The van der Waals surface area contributed by atoms with Crippen LogP contribution in [0, 0.1) is 0 Å². The average Bonchev–Trinajstić information content (AvgIpc) is 1.77. The predicted molar refractivity (Wildman–Crippen MR) is 412 cm³/mol. The van der Waals surface area contributed by atoms with Gasteiger partial charge in [-0.2, -0.15) is 0 Å². The van der Waals surface area contributed by atoms with Gasteiger partial charge in [0.1, 0.15) is 13.2 Å². The second-order valence-electron chi connectivity index (χ2n) is 27.3. The number of carbonyl (C=O) groups is 1. The number of nitrogens with one attached hydrogen (secondary N) is 1. The number of unbranched alkanes of at least 4 members (excludes halogenated alkanes) is 36. The highest BCUT2D eigenvalue weighted by molar-refractivity contribution is 7.45. The fourth-order valence-corrected chi connectivity index (χ4v) is 11.8. The van der Waals surface area contributed by atoms with Crippen molar-refractivity contribution in [2.75, 3.05) is 40.9 Å². The number of rotatable bonds is 71. The number of carbonyl (C=O) groups excluding carboxylic acids is 1. The van der Waals surface area contributed by atoms with Gasteiger partial charge in [-0.1, -0.05) is 372 Å². The van der Waals surface area contributed by atoms with Gasteiger partial charge < -0.3 is 28.8 Å². The molecule has 1 amide bonds. The first-order valence-electron chi connectivity index (χ1n) is 39.2. The van der Waals surface area contributed by atoms with E-state index < -0.39 is 26.6 Å². The van der Waals surface area contributed by atoms with Crippen molar-refractivity contribution < 1.29 is 32.9 Å². The van der Waals surface area contributed by atoms with Crippen molar-refractivity contribution in [2.45, 2.75) is 347 Å². The van der Waals surface area contributed by atoms with Crippen LogP contribution in [0.5, 0.6) is 0 Å². The minimum Gasteiger partial charge on any atom is -0.756 e. The van der Waals surface area contributed by atoms with Gasteiger partial charge in [0, 0.05) is 6.42 Å². The quantitative estimate of drug-likeness (QED) is 0.0272. The van der Waals surface area contributed by atoms with Crippen molar-refractivity contribution in [3.8, 4) is 0 Å². The Kier molecular flexibility index (Phi) is 70.8. The minimum absolute atomic E-state index is 0.00968. The van der Waals surface area contributed by atoms with Crippen LogP contribution in [0.25, 0.3) is 0 Å². The molecule has 0 fully saturated rings. The summed E-state index contributed by atoms with van der Waals surface area (Å²) in [6.45, 7) is 4.55.